The molecule has 0 amide bonds. The molecule has 1 aromatic rings. The molecular weight excluding hydrogens is 291 g/mol. The van der Waals surface area contributed by atoms with E-state index in [4.69, 9.17) is 5.73 Å². The summed E-state index contributed by atoms with van der Waals surface area (Å²) >= 11 is 0. The lowest BCUT2D eigenvalue weighted by molar-refractivity contribution is 0.482. The van der Waals surface area contributed by atoms with Crippen molar-refractivity contribution in [3.8, 4) is 0 Å². The van der Waals surface area contributed by atoms with E-state index in [0.29, 0.717) is 0 Å². The molecule has 1 unspecified atom stereocenters. The first-order chi connectivity index (χ1) is 9.96. The Morgan fingerprint density at radius 1 is 1.24 bits per heavy atom. The van der Waals surface area contributed by atoms with Crippen molar-refractivity contribution in [2.45, 2.75) is 63.4 Å². The molecule has 0 bridgehead atoms. The van der Waals surface area contributed by atoms with Gasteiger partial charge in [-0.1, -0.05) is 39.2 Å². The number of nitrogens with two attached hydrogens (primary N) is 1. The highest BCUT2D eigenvalue weighted by Crippen LogP contribution is 2.20. The van der Waals surface area contributed by atoms with E-state index in [0.717, 1.165) is 32.1 Å². The van der Waals surface area contributed by atoms with Crippen LogP contribution < -0.4 is 10.5 Å². The number of hydrogen-bond acceptors (Lipinski definition) is 3. The molecule has 0 aliphatic heterocycles. The van der Waals surface area contributed by atoms with Crippen LogP contribution in [0, 0.1) is 5.82 Å². The van der Waals surface area contributed by atoms with E-state index in [9.17, 15) is 12.8 Å². The minimum absolute atomic E-state index is 0.0377. The standard InChI is InChI=1S/C15H25FN2O2S/c1-3-5-8-12(7-4-2)18-21(19,20)15-10-6-9-14(16)13(15)11-17/h6,9-10,12,18H,3-5,7-8,11,17H2,1-2H3. The maximum absolute atomic E-state index is 13.7. The molecule has 0 spiro atoms. The Labute approximate surface area is 127 Å². The van der Waals surface area contributed by atoms with E-state index in [1.54, 1.807) is 0 Å². The van der Waals surface area contributed by atoms with Crippen LogP contribution >= 0.6 is 0 Å². The minimum atomic E-state index is -3.75. The summed E-state index contributed by atoms with van der Waals surface area (Å²) < 4.78 is 41.4. The molecule has 3 N–H and O–H groups in total. The van der Waals surface area contributed by atoms with Crippen molar-refractivity contribution in [2.75, 3.05) is 0 Å². The zero-order chi connectivity index (χ0) is 15.9. The Bertz CT molecular complexity index is 547. The first-order valence-corrected chi connectivity index (χ1v) is 8.94. The van der Waals surface area contributed by atoms with E-state index < -0.39 is 15.8 Å². The van der Waals surface area contributed by atoms with Gasteiger partial charge < -0.3 is 5.73 Å². The molecule has 1 atom stereocenters. The molecule has 0 aromatic heterocycles. The fourth-order valence-corrected chi connectivity index (χ4v) is 3.90. The molecule has 1 rings (SSSR count). The summed E-state index contributed by atoms with van der Waals surface area (Å²) in [6.45, 7) is 3.94. The van der Waals surface area contributed by atoms with Crippen LogP contribution in [0.1, 0.15) is 51.5 Å². The van der Waals surface area contributed by atoms with E-state index >= 15 is 0 Å². The third-order valence-corrected chi connectivity index (χ3v) is 5.04. The van der Waals surface area contributed by atoms with Gasteiger partial charge in [0.1, 0.15) is 5.82 Å². The highest BCUT2D eigenvalue weighted by molar-refractivity contribution is 7.89. The average Bonchev–Trinajstić information content (AvgIpc) is 2.44. The maximum Gasteiger partial charge on any atom is 0.241 e. The van der Waals surface area contributed by atoms with Gasteiger partial charge in [0, 0.05) is 18.2 Å². The van der Waals surface area contributed by atoms with Crippen molar-refractivity contribution in [1.82, 2.24) is 4.72 Å². The van der Waals surface area contributed by atoms with Crippen LogP contribution in [0.2, 0.25) is 0 Å². The Hall–Kier alpha value is -0.980. The zero-order valence-electron chi connectivity index (χ0n) is 12.7. The molecule has 0 heterocycles. The molecule has 0 radical (unpaired) electrons. The van der Waals surface area contributed by atoms with E-state index in [2.05, 4.69) is 11.6 Å². The van der Waals surface area contributed by atoms with Crippen molar-refractivity contribution in [1.29, 1.82) is 0 Å². The quantitative estimate of drug-likeness (QED) is 0.736. The largest absolute Gasteiger partial charge is 0.326 e. The predicted molar refractivity (Wildman–Crippen MR) is 82.8 cm³/mol. The third-order valence-electron chi connectivity index (χ3n) is 3.43. The maximum atomic E-state index is 13.7. The number of hydrogen-bond donors (Lipinski definition) is 2. The van der Waals surface area contributed by atoms with Gasteiger partial charge in [0.05, 0.1) is 4.90 Å². The Balaban J connectivity index is 3.01. The molecule has 0 aliphatic rings. The third kappa shape index (κ3) is 5.05. The fraction of sp³-hybridized carbons (Fsp3) is 0.600. The van der Waals surface area contributed by atoms with Crippen molar-refractivity contribution < 1.29 is 12.8 Å². The van der Waals surface area contributed by atoms with Gasteiger partial charge in [0.15, 0.2) is 0 Å². The lowest BCUT2D eigenvalue weighted by atomic mass is 10.1. The van der Waals surface area contributed by atoms with Crippen molar-refractivity contribution in [2.24, 2.45) is 5.73 Å². The summed E-state index contributed by atoms with van der Waals surface area (Å²) in [5.74, 6) is -0.582. The summed E-state index contributed by atoms with van der Waals surface area (Å²) in [5.41, 5.74) is 5.52. The lowest BCUT2D eigenvalue weighted by Crippen LogP contribution is -2.35. The molecule has 0 fully saturated rings. The molecule has 21 heavy (non-hydrogen) atoms. The van der Waals surface area contributed by atoms with Gasteiger partial charge in [-0.2, -0.15) is 0 Å². The van der Waals surface area contributed by atoms with Gasteiger partial charge in [-0.25, -0.2) is 17.5 Å². The van der Waals surface area contributed by atoms with Gasteiger partial charge >= 0.3 is 0 Å². The second kappa shape index (κ2) is 8.46. The molecule has 6 heteroatoms. The second-order valence-corrected chi connectivity index (χ2v) is 6.85. The Kier molecular flexibility index (Phi) is 7.28. The number of unbranched alkanes of at least 4 members (excludes halogenated alkanes) is 1. The second-order valence-electron chi connectivity index (χ2n) is 5.17. The fourth-order valence-electron chi connectivity index (χ4n) is 2.33. The molecule has 0 saturated heterocycles. The van der Waals surface area contributed by atoms with Gasteiger partial charge in [0.2, 0.25) is 10.0 Å². The summed E-state index contributed by atoms with van der Waals surface area (Å²) in [4.78, 5) is -0.0531. The number of rotatable bonds is 9. The van der Waals surface area contributed by atoms with Gasteiger partial charge in [-0.05, 0) is 25.0 Å². The highest BCUT2D eigenvalue weighted by atomic mass is 32.2. The Morgan fingerprint density at radius 3 is 2.52 bits per heavy atom. The van der Waals surface area contributed by atoms with Crippen LogP contribution in [0.3, 0.4) is 0 Å². The lowest BCUT2D eigenvalue weighted by Gasteiger charge is -2.19. The number of sulfonamides is 1. The first-order valence-electron chi connectivity index (χ1n) is 7.46. The first kappa shape index (κ1) is 18.1. The van der Waals surface area contributed by atoms with Crippen molar-refractivity contribution >= 4 is 10.0 Å². The molecule has 0 aliphatic carbocycles. The average molecular weight is 316 g/mol. The summed E-state index contributed by atoms with van der Waals surface area (Å²) in [7, 11) is -3.75. The van der Waals surface area contributed by atoms with Crippen LogP contribution in [-0.2, 0) is 16.6 Å². The van der Waals surface area contributed by atoms with Crippen LogP contribution in [0.15, 0.2) is 23.1 Å². The topological polar surface area (TPSA) is 72.2 Å². The van der Waals surface area contributed by atoms with Gasteiger partial charge in [0.25, 0.3) is 0 Å². The van der Waals surface area contributed by atoms with Gasteiger partial charge in [-0.3, -0.25) is 0 Å². The van der Waals surface area contributed by atoms with Crippen LogP contribution in [0.5, 0.6) is 0 Å². The van der Waals surface area contributed by atoms with Crippen molar-refractivity contribution in [3.05, 3.63) is 29.6 Å². The molecule has 120 valence electrons. The SMILES string of the molecule is CCCCC(CCC)NS(=O)(=O)c1cccc(F)c1CN. The number of benzene rings is 1. The van der Waals surface area contributed by atoms with E-state index in [-0.39, 0.29) is 23.0 Å². The number of nitrogens with one attached hydrogen (secondary N) is 1. The smallest absolute Gasteiger partial charge is 0.241 e. The van der Waals surface area contributed by atoms with Crippen LogP contribution in [0.25, 0.3) is 0 Å². The number of halogens is 1. The predicted octanol–water partition coefficient (Wildman–Crippen LogP) is 2.92. The minimum Gasteiger partial charge on any atom is -0.326 e. The summed E-state index contributed by atoms with van der Waals surface area (Å²) in [5, 5.41) is 0. The highest BCUT2D eigenvalue weighted by Gasteiger charge is 2.23. The van der Waals surface area contributed by atoms with Gasteiger partial charge in [-0.15, -0.1) is 0 Å². The zero-order valence-corrected chi connectivity index (χ0v) is 13.5. The normalized spacial score (nSPS) is 13.3. The molecular formula is C15H25FN2O2S. The molecule has 0 saturated carbocycles. The Morgan fingerprint density at radius 2 is 1.95 bits per heavy atom. The molecule has 4 nitrogen and oxygen atoms in total. The van der Waals surface area contributed by atoms with Crippen molar-refractivity contribution in [3.63, 3.8) is 0 Å². The van der Waals surface area contributed by atoms with Crippen LogP contribution in [0.4, 0.5) is 4.39 Å². The van der Waals surface area contributed by atoms with E-state index in [1.165, 1.54) is 18.2 Å². The summed E-state index contributed by atoms with van der Waals surface area (Å²) in [6, 6.07) is 3.90. The molecule has 1 aromatic carbocycles. The van der Waals surface area contributed by atoms with Crippen LogP contribution in [-0.4, -0.2) is 14.5 Å². The summed E-state index contributed by atoms with van der Waals surface area (Å²) in [6.07, 6.45) is 4.42. The van der Waals surface area contributed by atoms with E-state index in [1.807, 2.05) is 6.92 Å². The monoisotopic (exact) mass is 316 g/mol.